The molecule has 3 rings (SSSR count). The number of hydrogen-bond donors (Lipinski definition) is 1. The molecule has 0 aliphatic carbocycles. The Kier molecular flexibility index (Phi) is 6.06. The molecular formula is C21H28N2O6S. The van der Waals surface area contributed by atoms with Crippen molar-refractivity contribution in [2.75, 3.05) is 20.7 Å². The molecule has 0 unspecified atom stereocenters. The van der Waals surface area contributed by atoms with E-state index in [4.69, 9.17) is 9.47 Å². The van der Waals surface area contributed by atoms with E-state index in [1.165, 1.54) is 16.8 Å². The van der Waals surface area contributed by atoms with Gasteiger partial charge in [0.2, 0.25) is 5.91 Å². The highest BCUT2D eigenvalue weighted by atomic mass is 32.2. The lowest BCUT2D eigenvalue weighted by molar-refractivity contribution is -0.169. The average molecular weight is 437 g/mol. The molecule has 2 fully saturated rings. The molecule has 8 nitrogen and oxygen atoms in total. The van der Waals surface area contributed by atoms with Gasteiger partial charge in [0, 0.05) is 19.2 Å². The molecule has 2 heterocycles. The van der Waals surface area contributed by atoms with Crippen molar-refractivity contribution in [3.8, 4) is 5.75 Å². The Labute approximate surface area is 180 Å². The van der Waals surface area contributed by atoms with Crippen molar-refractivity contribution in [3.63, 3.8) is 0 Å². The molecule has 2 aliphatic heterocycles. The summed E-state index contributed by atoms with van der Waals surface area (Å²) in [4.78, 5) is 40.0. The molecular weight excluding hydrogens is 408 g/mol. The Balaban J connectivity index is 1.92. The zero-order valence-electron chi connectivity index (χ0n) is 17.9. The minimum Gasteiger partial charge on any atom is -0.497 e. The van der Waals surface area contributed by atoms with Crippen molar-refractivity contribution in [3.05, 3.63) is 29.8 Å². The molecule has 1 N–H and O–H groups in total. The van der Waals surface area contributed by atoms with Crippen LogP contribution in [0, 0.1) is 0 Å². The van der Waals surface area contributed by atoms with E-state index in [9.17, 15) is 19.5 Å². The molecule has 0 bridgehead atoms. The molecule has 1 aromatic rings. The molecule has 2 amide bonds. The summed E-state index contributed by atoms with van der Waals surface area (Å²) in [5, 5.41) is 11.0. The summed E-state index contributed by atoms with van der Waals surface area (Å²) < 4.78 is 10.6. The summed E-state index contributed by atoms with van der Waals surface area (Å²) in [6.07, 6.45) is -1.24. The Morgan fingerprint density at radius 2 is 1.90 bits per heavy atom. The van der Waals surface area contributed by atoms with Gasteiger partial charge in [0.05, 0.1) is 19.8 Å². The van der Waals surface area contributed by atoms with Gasteiger partial charge >= 0.3 is 5.97 Å². The maximum atomic E-state index is 13.2. The minimum atomic E-state index is -1.56. The van der Waals surface area contributed by atoms with Gasteiger partial charge in [0.1, 0.15) is 17.4 Å². The number of thioether (sulfide) groups is 1. The van der Waals surface area contributed by atoms with Gasteiger partial charge in [-0.3, -0.25) is 9.59 Å². The van der Waals surface area contributed by atoms with E-state index in [1.54, 1.807) is 40.0 Å². The third kappa shape index (κ3) is 4.00. The molecule has 2 saturated heterocycles. The summed E-state index contributed by atoms with van der Waals surface area (Å²) >= 11 is 1.16. The molecule has 1 aromatic carbocycles. The van der Waals surface area contributed by atoms with Crippen LogP contribution < -0.4 is 4.74 Å². The van der Waals surface area contributed by atoms with Gasteiger partial charge in [-0.1, -0.05) is 12.1 Å². The molecule has 164 valence electrons. The highest BCUT2D eigenvalue weighted by Gasteiger charge is 2.65. The number of rotatable bonds is 5. The lowest BCUT2D eigenvalue weighted by atomic mass is 10.1. The van der Waals surface area contributed by atoms with Crippen LogP contribution in [0.3, 0.4) is 0 Å². The first-order valence-corrected chi connectivity index (χ1v) is 10.7. The van der Waals surface area contributed by atoms with Crippen molar-refractivity contribution < 1.29 is 29.0 Å². The van der Waals surface area contributed by atoms with Gasteiger partial charge in [0.15, 0.2) is 4.87 Å². The molecule has 2 aliphatic rings. The second-order valence-electron chi connectivity index (χ2n) is 8.56. The van der Waals surface area contributed by atoms with Crippen molar-refractivity contribution in [1.29, 1.82) is 0 Å². The monoisotopic (exact) mass is 436 g/mol. The van der Waals surface area contributed by atoms with Crippen LogP contribution in [0.15, 0.2) is 24.3 Å². The first-order valence-electron chi connectivity index (χ1n) is 9.75. The number of piperazine rings is 1. The van der Waals surface area contributed by atoms with Crippen molar-refractivity contribution >= 4 is 29.5 Å². The quantitative estimate of drug-likeness (QED) is 0.697. The zero-order chi connectivity index (χ0) is 22.3. The predicted octanol–water partition coefficient (Wildman–Crippen LogP) is 1.40. The number of aliphatic hydroxyl groups excluding tert-OH is 1. The van der Waals surface area contributed by atoms with E-state index in [1.807, 2.05) is 12.1 Å². The highest BCUT2D eigenvalue weighted by Crippen LogP contribution is 2.47. The largest absolute Gasteiger partial charge is 0.497 e. The number of carbonyl (C=O) groups excluding carboxylic acids is 3. The van der Waals surface area contributed by atoms with Crippen LogP contribution >= 0.6 is 11.8 Å². The molecule has 0 aromatic heterocycles. The number of amides is 2. The molecule has 0 spiro atoms. The zero-order valence-corrected chi connectivity index (χ0v) is 18.7. The number of ether oxygens (including phenoxy) is 2. The molecule has 9 heteroatoms. The summed E-state index contributed by atoms with van der Waals surface area (Å²) in [5.74, 6) is -0.311. The number of methoxy groups -OCH3 is 1. The standard InChI is InChI=1S/C21H28N2O6S/c1-20(2,3)29-18(26)15-10-16(24)21(19(27)22(4)11-17(25)23(15)21)30-12-13-6-8-14(28-5)9-7-13/h6-9,15-16,24H,10-12H2,1-5H3/t15-,16+,21+/m0/s1. The van der Waals surface area contributed by atoms with Crippen molar-refractivity contribution in [2.45, 2.75) is 55.6 Å². The van der Waals surface area contributed by atoms with Gasteiger partial charge in [-0.15, -0.1) is 11.8 Å². The number of hydrogen-bond acceptors (Lipinski definition) is 7. The van der Waals surface area contributed by atoms with Gasteiger partial charge in [0.25, 0.3) is 5.91 Å². The van der Waals surface area contributed by atoms with Crippen LogP contribution in [-0.4, -0.2) is 76.0 Å². The third-order valence-electron chi connectivity index (χ3n) is 5.16. The van der Waals surface area contributed by atoms with E-state index in [-0.39, 0.29) is 24.8 Å². The van der Waals surface area contributed by atoms with E-state index >= 15 is 0 Å². The number of carbonyl (C=O) groups is 3. The van der Waals surface area contributed by atoms with E-state index < -0.39 is 28.6 Å². The summed E-state index contributed by atoms with van der Waals surface area (Å²) in [7, 11) is 3.11. The fraction of sp³-hybridized carbons (Fsp3) is 0.571. The number of fused-ring (bicyclic) bond motifs is 1. The average Bonchev–Trinajstić information content (AvgIpc) is 2.98. The van der Waals surface area contributed by atoms with E-state index in [0.29, 0.717) is 11.5 Å². The summed E-state index contributed by atoms with van der Waals surface area (Å²) in [5.41, 5.74) is 0.153. The first kappa shape index (κ1) is 22.4. The van der Waals surface area contributed by atoms with Crippen LogP contribution in [0.1, 0.15) is 32.8 Å². The third-order valence-corrected chi connectivity index (χ3v) is 6.72. The minimum absolute atomic E-state index is 0.0458. The van der Waals surface area contributed by atoms with E-state index in [0.717, 1.165) is 17.3 Å². The molecule has 0 radical (unpaired) electrons. The number of aliphatic hydroxyl groups is 1. The van der Waals surface area contributed by atoms with Gasteiger partial charge in [-0.05, 0) is 38.5 Å². The molecule has 0 saturated carbocycles. The second kappa shape index (κ2) is 8.11. The topological polar surface area (TPSA) is 96.4 Å². The van der Waals surface area contributed by atoms with Gasteiger partial charge < -0.3 is 24.4 Å². The lowest BCUT2D eigenvalue weighted by Crippen LogP contribution is -2.68. The summed E-state index contributed by atoms with van der Waals surface area (Å²) in [6.45, 7) is 5.06. The fourth-order valence-electron chi connectivity index (χ4n) is 3.81. The fourth-order valence-corrected chi connectivity index (χ4v) is 5.33. The highest BCUT2D eigenvalue weighted by molar-refractivity contribution is 8.00. The normalized spacial score (nSPS) is 26.6. The predicted molar refractivity (Wildman–Crippen MR) is 112 cm³/mol. The lowest BCUT2D eigenvalue weighted by Gasteiger charge is -2.46. The van der Waals surface area contributed by atoms with Crippen LogP contribution in [-0.2, 0) is 24.9 Å². The van der Waals surface area contributed by atoms with Gasteiger partial charge in [-0.25, -0.2) is 4.79 Å². The van der Waals surface area contributed by atoms with E-state index in [2.05, 4.69) is 0 Å². The smallest absolute Gasteiger partial charge is 0.329 e. The van der Waals surface area contributed by atoms with Crippen molar-refractivity contribution in [1.82, 2.24) is 9.80 Å². The second-order valence-corrected chi connectivity index (χ2v) is 9.76. The number of likely N-dealkylation sites (N-methyl/N-ethyl adjacent to an activating group) is 1. The Morgan fingerprint density at radius 1 is 1.27 bits per heavy atom. The molecule has 3 atom stereocenters. The number of benzene rings is 1. The van der Waals surface area contributed by atoms with Crippen LogP contribution in [0.25, 0.3) is 0 Å². The van der Waals surface area contributed by atoms with Crippen molar-refractivity contribution in [2.24, 2.45) is 0 Å². The Bertz CT molecular complexity index is 837. The van der Waals surface area contributed by atoms with Crippen LogP contribution in [0.5, 0.6) is 5.75 Å². The Hall–Kier alpha value is -2.26. The van der Waals surface area contributed by atoms with Gasteiger partial charge in [-0.2, -0.15) is 0 Å². The number of nitrogens with zero attached hydrogens (tertiary/aromatic N) is 2. The number of esters is 1. The molecule has 30 heavy (non-hydrogen) atoms. The maximum absolute atomic E-state index is 13.2. The van der Waals surface area contributed by atoms with Crippen LogP contribution in [0.4, 0.5) is 0 Å². The Morgan fingerprint density at radius 3 is 2.47 bits per heavy atom. The van der Waals surface area contributed by atoms with Crippen LogP contribution in [0.2, 0.25) is 0 Å². The SMILES string of the molecule is COc1ccc(CS[C@]23C(=O)N(C)CC(=O)N2[C@H](C(=O)OC(C)(C)C)C[C@H]3O)cc1. The summed E-state index contributed by atoms with van der Waals surface area (Å²) in [6, 6.07) is 6.32. The first-order chi connectivity index (χ1) is 14.0. The maximum Gasteiger partial charge on any atom is 0.329 e.